The number of hydrogen-bond donors (Lipinski definition) is 1. The molecule has 0 saturated carbocycles. The highest BCUT2D eigenvalue weighted by Gasteiger charge is 2.37. The van der Waals surface area contributed by atoms with E-state index in [1.54, 1.807) is 43.3 Å². The molecule has 1 N–H and O–H groups in total. The molecule has 0 aliphatic carbocycles. The Kier molecular flexibility index (Phi) is 8.13. The van der Waals surface area contributed by atoms with E-state index in [1.807, 2.05) is 6.92 Å². The van der Waals surface area contributed by atoms with Crippen molar-refractivity contribution in [3.8, 4) is 11.5 Å². The van der Waals surface area contributed by atoms with Crippen molar-refractivity contribution in [3.05, 3.63) is 91.3 Å². The van der Waals surface area contributed by atoms with Crippen LogP contribution in [0.3, 0.4) is 0 Å². The second-order valence-corrected chi connectivity index (χ2v) is 9.64. The van der Waals surface area contributed by atoms with Crippen LogP contribution in [-0.2, 0) is 16.2 Å². The second kappa shape index (κ2) is 11.3. The number of carbonyl (C=O) groups is 3. The third-order valence-electron chi connectivity index (χ3n) is 5.45. The van der Waals surface area contributed by atoms with Crippen molar-refractivity contribution in [1.29, 1.82) is 0 Å². The molecule has 0 bridgehead atoms. The quantitative estimate of drug-likeness (QED) is 0.195. The van der Waals surface area contributed by atoms with Crippen LogP contribution in [0.25, 0.3) is 6.08 Å². The van der Waals surface area contributed by atoms with Gasteiger partial charge < -0.3 is 9.47 Å². The highest BCUT2D eigenvalue weighted by atomic mass is 127. The van der Waals surface area contributed by atoms with E-state index >= 15 is 0 Å². The van der Waals surface area contributed by atoms with Gasteiger partial charge in [0.25, 0.3) is 11.8 Å². The Morgan fingerprint density at radius 2 is 1.78 bits per heavy atom. The number of amides is 4. The Balaban J connectivity index is 1.66. The van der Waals surface area contributed by atoms with Crippen molar-refractivity contribution < 1.29 is 28.2 Å². The molecule has 10 heteroatoms. The number of ether oxygens (including phenoxy) is 2. The highest BCUT2D eigenvalue weighted by Crippen LogP contribution is 2.36. The molecule has 37 heavy (non-hydrogen) atoms. The van der Waals surface area contributed by atoms with Crippen molar-refractivity contribution >= 4 is 63.8 Å². The van der Waals surface area contributed by atoms with Gasteiger partial charge in [0.2, 0.25) is 0 Å². The molecule has 1 fully saturated rings. The predicted octanol–water partition coefficient (Wildman–Crippen LogP) is 6.04. The average Bonchev–Trinajstić information content (AvgIpc) is 2.84. The zero-order valence-corrected chi connectivity index (χ0v) is 22.7. The summed E-state index contributed by atoms with van der Waals surface area (Å²) < 4.78 is 25.6. The molecule has 3 aromatic rings. The smallest absolute Gasteiger partial charge is 0.335 e. The van der Waals surface area contributed by atoms with Gasteiger partial charge in [-0.05, 0) is 95.6 Å². The summed E-state index contributed by atoms with van der Waals surface area (Å²) in [6, 6.07) is 13.2. The molecule has 1 heterocycles. The molecule has 0 spiro atoms. The van der Waals surface area contributed by atoms with Gasteiger partial charge in [-0.15, -0.1) is 0 Å². The highest BCUT2D eigenvalue weighted by molar-refractivity contribution is 14.1. The minimum absolute atomic E-state index is 0.188. The molecule has 0 radical (unpaired) electrons. The number of imide groups is 2. The maximum absolute atomic E-state index is 13.2. The first-order valence-electron chi connectivity index (χ1n) is 11.2. The lowest BCUT2D eigenvalue weighted by Gasteiger charge is -2.26. The summed E-state index contributed by atoms with van der Waals surface area (Å²) >= 11 is 8.25. The minimum atomic E-state index is -0.860. The van der Waals surface area contributed by atoms with Crippen LogP contribution in [0, 0.1) is 16.3 Å². The second-order valence-electron chi connectivity index (χ2n) is 8.07. The molecule has 0 atom stereocenters. The summed E-state index contributed by atoms with van der Waals surface area (Å²) in [6.45, 7) is 4.15. The van der Waals surface area contributed by atoms with Gasteiger partial charge in [-0.1, -0.05) is 29.8 Å². The zero-order chi connectivity index (χ0) is 26.7. The van der Waals surface area contributed by atoms with Gasteiger partial charge in [-0.25, -0.2) is 14.1 Å². The van der Waals surface area contributed by atoms with E-state index < -0.39 is 17.8 Å². The number of benzene rings is 3. The van der Waals surface area contributed by atoms with Crippen LogP contribution in [0.1, 0.15) is 23.6 Å². The van der Waals surface area contributed by atoms with E-state index in [0.717, 1.165) is 16.0 Å². The number of barbiturate groups is 1. The lowest BCUT2D eigenvalue weighted by atomic mass is 10.1. The van der Waals surface area contributed by atoms with E-state index in [-0.39, 0.29) is 23.7 Å². The lowest BCUT2D eigenvalue weighted by Crippen LogP contribution is -2.54. The topological polar surface area (TPSA) is 84.9 Å². The molecule has 1 aliphatic rings. The van der Waals surface area contributed by atoms with E-state index in [2.05, 4.69) is 27.9 Å². The number of hydrogen-bond acceptors (Lipinski definition) is 5. The maximum Gasteiger partial charge on any atom is 0.335 e. The number of rotatable bonds is 7. The lowest BCUT2D eigenvalue weighted by molar-refractivity contribution is -0.122. The molecule has 1 saturated heterocycles. The fourth-order valence-corrected chi connectivity index (χ4v) is 4.55. The van der Waals surface area contributed by atoms with Crippen LogP contribution in [0.5, 0.6) is 11.5 Å². The van der Waals surface area contributed by atoms with Gasteiger partial charge in [0, 0.05) is 5.02 Å². The Hall–Kier alpha value is -3.44. The molecular weight excluding hydrogens is 614 g/mol. The summed E-state index contributed by atoms with van der Waals surface area (Å²) in [7, 11) is 0. The van der Waals surface area contributed by atoms with Crippen LogP contribution in [0.15, 0.2) is 60.2 Å². The number of nitrogens with one attached hydrogen (secondary N) is 1. The van der Waals surface area contributed by atoms with Gasteiger partial charge in [0.15, 0.2) is 11.5 Å². The van der Waals surface area contributed by atoms with Gasteiger partial charge in [0.1, 0.15) is 18.0 Å². The van der Waals surface area contributed by atoms with Gasteiger partial charge in [0.05, 0.1) is 15.9 Å². The first-order valence-corrected chi connectivity index (χ1v) is 12.6. The number of halogens is 3. The van der Waals surface area contributed by atoms with Gasteiger partial charge >= 0.3 is 6.03 Å². The molecule has 7 nitrogen and oxygen atoms in total. The van der Waals surface area contributed by atoms with Gasteiger partial charge in [-0.3, -0.25) is 14.9 Å². The molecule has 0 unspecified atom stereocenters. The van der Waals surface area contributed by atoms with Crippen molar-refractivity contribution in [2.45, 2.75) is 20.5 Å². The minimum Gasteiger partial charge on any atom is -0.490 e. The van der Waals surface area contributed by atoms with Crippen LogP contribution >= 0.6 is 34.2 Å². The summed E-state index contributed by atoms with van der Waals surface area (Å²) in [5, 5.41) is 2.58. The Labute approximate surface area is 231 Å². The van der Waals surface area contributed by atoms with E-state index in [0.29, 0.717) is 32.3 Å². The standard InChI is InChI=1S/C27H21ClFIN2O5/c1-3-36-23-12-17(11-22(30)24(23)37-14-16-5-7-18(29)8-6-16)10-20-25(33)31-27(35)32(26(20)34)19-9-4-15(2)21(28)13-19/h4-13H,3,14H2,1-2H3,(H,31,33,35)/b20-10-. The van der Waals surface area contributed by atoms with Crippen LogP contribution in [0.4, 0.5) is 14.9 Å². The number of anilines is 1. The monoisotopic (exact) mass is 634 g/mol. The largest absolute Gasteiger partial charge is 0.490 e. The number of nitrogens with zero attached hydrogens (tertiary/aromatic N) is 1. The average molecular weight is 635 g/mol. The maximum atomic E-state index is 13.2. The summed E-state index contributed by atoms with van der Waals surface area (Å²) in [4.78, 5) is 39.2. The van der Waals surface area contributed by atoms with Crippen molar-refractivity contribution in [1.82, 2.24) is 5.32 Å². The molecule has 4 amide bonds. The predicted molar refractivity (Wildman–Crippen MR) is 146 cm³/mol. The normalized spacial score (nSPS) is 14.7. The zero-order valence-electron chi connectivity index (χ0n) is 19.8. The number of carbonyl (C=O) groups excluding carboxylic acids is 3. The van der Waals surface area contributed by atoms with Crippen LogP contribution in [0.2, 0.25) is 5.02 Å². The SMILES string of the molecule is CCOc1cc(/C=C2/C(=O)NC(=O)N(c3ccc(C)c(Cl)c3)C2=O)cc(I)c1OCc1ccc(F)cc1. The van der Waals surface area contributed by atoms with E-state index in [4.69, 9.17) is 21.1 Å². The summed E-state index contributed by atoms with van der Waals surface area (Å²) in [5.41, 5.74) is 2.06. The summed E-state index contributed by atoms with van der Waals surface area (Å²) in [5.74, 6) is -1.05. The molecule has 1 aliphatic heterocycles. The van der Waals surface area contributed by atoms with Gasteiger partial charge in [-0.2, -0.15) is 0 Å². The van der Waals surface area contributed by atoms with Crippen LogP contribution in [-0.4, -0.2) is 24.5 Å². The number of urea groups is 1. The third kappa shape index (κ3) is 5.94. The number of aryl methyl sites for hydroxylation is 1. The molecule has 4 rings (SSSR count). The molecular formula is C27H21ClFIN2O5. The summed E-state index contributed by atoms with van der Waals surface area (Å²) in [6.07, 6.45) is 1.39. The van der Waals surface area contributed by atoms with Crippen LogP contribution < -0.4 is 19.7 Å². The molecule has 0 aromatic heterocycles. The first kappa shape index (κ1) is 26.6. The first-order chi connectivity index (χ1) is 17.7. The van der Waals surface area contributed by atoms with Crippen molar-refractivity contribution in [2.75, 3.05) is 11.5 Å². The molecule has 190 valence electrons. The Bertz CT molecular complexity index is 1430. The van der Waals surface area contributed by atoms with Crippen molar-refractivity contribution in [3.63, 3.8) is 0 Å². The fraction of sp³-hybridized carbons (Fsp3) is 0.148. The fourth-order valence-electron chi connectivity index (χ4n) is 3.59. The third-order valence-corrected chi connectivity index (χ3v) is 6.66. The van der Waals surface area contributed by atoms with E-state index in [9.17, 15) is 18.8 Å². The Morgan fingerprint density at radius 3 is 2.46 bits per heavy atom. The Morgan fingerprint density at radius 1 is 1.05 bits per heavy atom. The van der Waals surface area contributed by atoms with E-state index in [1.165, 1.54) is 24.3 Å². The molecule has 3 aromatic carbocycles. The van der Waals surface area contributed by atoms with Crippen molar-refractivity contribution in [2.24, 2.45) is 0 Å².